The summed E-state index contributed by atoms with van der Waals surface area (Å²) < 4.78 is 5.68. The summed E-state index contributed by atoms with van der Waals surface area (Å²) in [5, 5.41) is 6.87. The van der Waals surface area contributed by atoms with Gasteiger partial charge in [0.2, 0.25) is 0 Å². The lowest BCUT2D eigenvalue weighted by molar-refractivity contribution is 0.00611. The van der Waals surface area contributed by atoms with E-state index in [9.17, 15) is 9.59 Å². The first kappa shape index (κ1) is 22.8. The fourth-order valence-electron chi connectivity index (χ4n) is 5.74. The quantitative estimate of drug-likeness (QED) is 0.584. The Morgan fingerprint density at radius 1 is 1.03 bits per heavy atom. The van der Waals surface area contributed by atoms with Gasteiger partial charge >= 0.3 is 6.03 Å². The highest BCUT2D eigenvalue weighted by atomic mass is 16.5. The number of aromatic nitrogens is 2. The number of aromatic amines is 1. The molecular formula is C28H31N5O3. The smallest absolute Gasteiger partial charge is 0.325 e. The average Bonchev–Trinajstić information content (AvgIpc) is 3.69. The molecule has 4 heterocycles. The molecule has 0 aliphatic carbocycles. The zero-order valence-corrected chi connectivity index (χ0v) is 20.4. The molecule has 8 heteroatoms. The van der Waals surface area contributed by atoms with E-state index in [1.165, 1.54) is 0 Å². The minimum Gasteiger partial charge on any atom is -0.381 e. The maximum Gasteiger partial charge on any atom is 0.325 e. The van der Waals surface area contributed by atoms with E-state index in [1.807, 2.05) is 69.4 Å². The number of benzene rings is 2. The molecule has 1 spiro atoms. The van der Waals surface area contributed by atoms with Gasteiger partial charge in [-0.2, -0.15) is 5.10 Å². The number of nitrogens with one attached hydrogen (secondary N) is 1. The van der Waals surface area contributed by atoms with Crippen molar-refractivity contribution in [1.82, 2.24) is 20.0 Å². The molecular weight excluding hydrogens is 454 g/mol. The largest absolute Gasteiger partial charge is 0.381 e. The molecule has 1 aromatic heterocycles. The number of ether oxygens (including phenoxy) is 1. The van der Waals surface area contributed by atoms with E-state index < -0.39 is 0 Å². The first-order valence-electron chi connectivity index (χ1n) is 12.8. The molecule has 3 fully saturated rings. The molecule has 3 amide bonds. The molecule has 36 heavy (non-hydrogen) atoms. The lowest BCUT2D eigenvalue weighted by Gasteiger charge is -2.40. The second-order valence-corrected chi connectivity index (χ2v) is 10.0. The molecule has 0 unspecified atom stereocenters. The van der Waals surface area contributed by atoms with Crippen molar-refractivity contribution in [2.45, 2.75) is 37.8 Å². The van der Waals surface area contributed by atoms with Crippen LogP contribution in [0.2, 0.25) is 0 Å². The van der Waals surface area contributed by atoms with Gasteiger partial charge in [0, 0.05) is 55.9 Å². The summed E-state index contributed by atoms with van der Waals surface area (Å²) in [5.41, 5.74) is 4.35. The van der Waals surface area contributed by atoms with Crippen LogP contribution in [-0.4, -0.2) is 70.3 Å². The van der Waals surface area contributed by atoms with Crippen LogP contribution in [-0.2, 0) is 11.3 Å². The first-order chi connectivity index (χ1) is 17.6. The van der Waals surface area contributed by atoms with E-state index >= 15 is 0 Å². The van der Waals surface area contributed by atoms with Gasteiger partial charge in [-0.3, -0.25) is 14.8 Å². The number of H-pyrrole nitrogens is 1. The van der Waals surface area contributed by atoms with Crippen molar-refractivity contribution >= 4 is 17.6 Å². The van der Waals surface area contributed by atoms with Gasteiger partial charge in [0.15, 0.2) is 0 Å². The van der Waals surface area contributed by atoms with Gasteiger partial charge in [0.1, 0.15) is 0 Å². The van der Waals surface area contributed by atoms with E-state index in [0.717, 1.165) is 61.2 Å². The fourth-order valence-corrected chi connectivity index (χ4v) is 5.74. The highest BCUT2D eigenvalue weighted by Crippen LogP contribution is 2.39. The molecule has 3 aliphatic rings. The van der Waals surface area contributed by atoms with Crippen molar-refractivity contribution in [3.8, 4) is 11.1 Å². The number of carbonyl (C=O) groups is 2. The van der Waals surface area contributed by atoms with Crippen LogP contribution in [0, 0.1) is 0 Å². The van der Waals surface area contributed by atoms with Gasteiger partial charge < -0.3 is 14.5 Å². The van der Waals surface area contributed by atoms with Crippen LogP contribution in [0.15, 0.2) is 60.9 Å². The van der Waals surface area contributed by atoms with Gasteiger partial charge in [-0.15, -0.1) is 0 Å². The summed E-state index contributed by atoms with van der Waals surface area (Å²) in [7, 11) is 0. The van der Waals surface area contributed by atoms with Crippen LogP contribution in [0.25, 0.3) is 11.1 Å². The van der Waals surface area contributed by atoms with E-state index in [-0.39, 0.29) is 17.5 Å². The SMILES string of the molecule is O=C(c1cccc(CN2C(=O)N(c3ccc(-c4cn[nH]c4)cc3)CC23CCOCC3)c1)N1CCCC1. The van der Waals surface area contributed by atoms with Crippen molar-refractivity contribution in [3.63, 3.8) is 0 Å². The van der Waals surface area contributed by atoms with E-state index in [1.54, 1.807) is 6.20 Å². The highest BCUT2D eigenvalue weighted by Gasteiger charge is 2.50. The second-order valence-electron chi connectivity index (χ2n) is 10.0. The average molecular weight is 486 g/mol. The Hall–Kier alpha value is -3.65. The third-order valence-corrected chi connectivity index (χ3v) is 7.83. The van der Waals surface area contributed by atoms with Crippen LogP contribution in [0.5, 0.6) is 0 Å². The van der Waals surface area contributed by atoms with Gasteiger partial charge in [-0.1, -0.05) is 24.3 Å². The summed E-state index contributed by atoms with van der Waals surface area (Å²) in [6.45, 7) is 4.04. The Morgan fingerprint density at radius 3 is 2.53 bits per heavy atom. The predicted molar refractivity (Wildman–Crippen MR) is 137 cm³/mol. The molecule has 3 aromatic rings. The molecule has 6 rings (SSSR count). The standard InChI is InChI=1S/C28H31N5O3/c34-26(31-12-1-2-13-31)23-5-3-4-21(16-23)19-33-27(35)32(20-28(33)10-14-36-15-11-28)25-8-6-22(7-9-25)24-17-29-30-18-24/h3-9,16-18H,1-2,10-15,19-20H2,(H,29,30). The normalized spacial score (nSPS) is 19.4. The number of nitrogens with zero attached hydrogens (tertiary/aromatic N) is 4. The van der Waals surface area contributed by atoms with Crippen molar-refractivity contribution in [2.75, 3.05) is 37.7 Å². The summed E-state index contributed by atoms with van der Waals surface area (Å²) in [6.07, 6.45) is 7.38. The second kappa shape index (κ2) is 9.43. The number of likely N-dealkylation sites (tertiary alicyclic amines) is 1. The molecule has 3 aliphatic heterocycles. The van der Waals surface area contributed by atoms with Crippen LogP contribution >= 0.6 is 0 Å². The molecule has 3 saturated heterocycles. The maximum absolute atomic E-state index is 13.8. The van der Waals surface area contributed by atoms with E-state index in [4.69, 9.17) is 4.74 Å². The summed E-state index contributed by atoms with van der Waals surface area (Å²) in [6, 6.07) is 15.9. The van der Waals surface area contributed by atoms with Crippen LogP contribution in [0.3, 0.4) is 0 Å². The number of anilines is 1. The Kier molecular flexibility index (Phi) is 5.97. The van der Waals surface area contributed by atoms with Crippen LogP contribution in [0.4, 0.5) is 10.5 Å². The lowest BCUT2D eigenvalue weighted by Crippen LogP contribution is -2.50. The van der Waals surface area contributed by atoms with E-state index in [2.05, 4.69) is 10.2 Å². The molecule has 0 bridgehead atoms. The topological polar surface area (TPSA) is 81.8 Å². The summed E-state index contributed by atoms with van der Waals surface area (Å²) in [5.74, 6) is 0.0854. The number of amides is 3. The van der Waals surface area contributed by atoms with Crippen molar-refractivity contribution < 1.29 is 14.3 Å². The Morgan fingerprint density at radius 2 is 1.81 bits per heavy atom. The zero-order chi connectivity index (χ0) is 24.5. The molecule has 1 N–H and O–H groups in total. The minimum atomic E-state index is -0.284. The fraction of sp³-hybridized carbons (Fsp3) is 0.393. The van der Waals surface area contributed by atoms with Crippen molar-refractivity contribution in [1.29, 1.82) is 0 Å². The molecule has 2 aromatic carbocycles. The van der Waals surface area contributed by atoms with E-state index in [0.29, 0.717) is 31.9 Å². The third kappa shape index (κ3) is 4.15. The number of hydrogen-bond acceptors (Lipinski definition) is 4. The monoisotopic (exact) mass is 485 g/mol. The molecule has 186 valence electrons. The zero-order valence-electron chi connectivity index (χ0n) is 20.4. The Balaban J connectivity index is 1.26. The van der Waals surface area contributed by atoms with Crippen LogP contribution < -0.4 is 4.90 Å². The van der Waals surface area contributed by atoms with Gasteiger partial charge in [-0.05, 0) is 61.1 Å². The summed E-state index contributed by atoms with van der Waals surface area (Å²) in [4.78, 5) is 32.6. The van der Waals surface area contributed by atoms with Gasteiger partial charge in [0.25, 0.3) is 5.91 Å². The number of hydrogen-bond donors (Lipinski definition) is 1. The highest BCUT2D eigenvalue weighted by molar-refractivity contribution is 5.96. The number of urea groups is 1. The van der Waals surface area contributed by atoms with Gasteiger partial charge in [0.05, 0.1) is 18.3 Å². The van der Waals surface area contributed by atoms with Crippen molar-refractivity contribution in [3.05, 3.63) is 72.1 Å². The molecule has 0 saturated carbocycles. The van der Waals surface area contributed by atoms with Crippen LogP contribution in [0.1, 0.15) is 41.6 Å². The molecule has 8 nitrogen and oxygen atoms in total. The number of carbonyl (C=O) groups excluding carboxylic acids is 2. The molecule has 0 atom stereocenters. The van der Waals surface area contributed by atoms with Crippen molar-refractivity contribution in [2.24, 2.45) is 0 Å². The first-order valence-corrected chi connectivity index (χ1v) is 12.8. The number of rotatable bonds is 5. The summed E-state index contributed by atoms with van der Waals surface area (Å²) >= 11 is 0. The lowest BCUT2D eigenvalue weighted by atomic mass is 9.88. The maximum atomic E-state index is 13.8. The minimum absolute atomic E-state index is 0.00392. The Bertz CT molecular complexity index is 1230. The van der Waals surface area contributed by atoms with Gasteiger partial charge in [-0.25, -0.2) is 4.79 Å². The Labute approximate surface area is 210 Å². The predicted octanol–water partition coefficient (Wildman–Crippen LogP) is 4.30. The molecule has 0 radical (unpaired) electrons. The third-order valence-electron chi connectivity index (χ3n) is 7.83.